The van der Waals surface area contributed by atoms with Crippen molar-refractivity contribution in [2.45, 2.75) is 26.8 Å². The highest BCUT2D eigenvalue weighted by Gasteiger charge is 2.26. The molecule has 144 valence electrons. The van der Waals surface area contributed by atoms with Crippen molar-refractivity contribution in [1.29, 1.82) is 0 Å². The highest BCUT2D eigenvalue weighted by Crippen LogP contribution is 2.27. The first-order valence-corrected chi connectivity index (χ1v) is 10.1. The van der Waals surface area contributed by atoms with Crippen molar-refractivity contribution in [1.82, 2.24) is 24.4 Å². The molecule has 4 aromatic rings. The summed E-state index contributed by atoms with van der Waals surface area (Å²) in [6.45, 7) is 6.06. The number of nitrogens with one attached hydrogen (secondary N) is 1. The van der Waals surface area contributed by atoms with Crippen molar-refractivity contribution in [3.8, 4) is 5.13 Å². The molecule has 0 aliphatic carbocycles. The second-order valence-electron chi connectivity index (χ2n) is 7.21. The first kappa shape index (κ1) is 18.4. The molecule has 1 aromatic carbocycles. The Labute approximate surface area is 167 Å². The minimum absolute atomic E-state index is 0.112. The van der Waals surface area contributed by atoms with Crippen LogP contribution >= 0.6 is 11.3 Å². The van der Waals surface area contributed by atoms with Gasteiger partial charge < -0.3 is 14.5 Å². The summed E-state index contributed by atoms with van der Waals surface area (Å²) in [6, 6.07) is 11.7. The Bertz CT molecular complexity index is 1120. The van der Waals surface area contributed by atoms with Gasteiger partial charge in [-0.15, -0.1) is 0 Å². The molecule has 0 aliphatic heterocycles. The Balaban J connectivity index is 1.65. The zero-order chi connectivity index (χ0) is 19.8. The van der Waals surface area contributed by atoms with Gasteiger partial charge in [-0.3, -0.25) is 4.79 Å². The van der Waals surface area contributed by atoms with E-state index in [1.807, 2.05) is 67.3 Å². The van der Waals surface area contributed by atoms with Crippen LogP contribution in [0.25, 0.3) is 16.2 Å². The predicted molar refractivity (Wildman–Crippen MR) is 112 cm³/mol. The zero-order valence-electron chi connectivity index (χ0n) is 16.4. The number of para-hydroxylation sites is 2. The Morgan fingerprint density at radius 3 is 2.50 bits per heavy atom. The average molecular weight is 394 g/mol. The highest BCUT2D eigenvalue weighted by molar-refractivity contribution is 7.16. The Kier molecular flexibility index (Phi) is 4.77. The van der Waals surface area contributed by atoms with Gasteiger partial charge in [-0.1, -0.05) is 37.3 Å². The molecule has 0 bridgehead atoms. The fourth-order valence-electron chi connectivity index (χ4n) is 3.34. The van der Waals surface area contributed by atoms with Crippen LogP contribution in [0.5, 0.6) is 0 Å². The van der Waals surface area contributed by atoms with E-state index in [1.165, 1.54) is 11.3 Å². The number of hydrogen-bond donors (Lipinski definition) is 1. The summed E-state index contributed by atoms with van der Waals surface area (Å²) in [6.07, 6.45) is 3.85. The number of carbonyl (C=O) groups is 1. The van der Waals surface area contributed by atoms with Crippen LogP contribution in [0.4, 0.5) is 0 Å². The van der Waals surface area contributed by atoms with Gasteiger partial charge in [0.25, 0.3) is 5.91 Å². The molecule has 0 aliphatic rings. The molecule has 1 N–H and O–H groups in total. The smallest absolute Gasteiger partial charge is 0.263 e. The molecular formula is C21H23N5OS. The zero-order valence-corrected chi connectivity index (χ0v) is 17.2. The molecular weight excluding hydrogens is 370 g/mol. The number of aryl methyl sites for hydroxylation is 2. The van der Waals surface area contributed by atoms with E-state index in [9.17, 15) is 4.79 Å². The lowest BCUT2D eigenvalue weighted by Gasteiger charge is -2.22. The van der Waals surface area contributed by atoms with E-state index < -0.39 is 0 Å². The maximum Gasteiger partial charge on any atom is 0.263 e. The van der Waals surface area contributed by atoms with Crippen molar-refractivity contribution >= 4 is 28.3 Å². The fraction of sp³-hybridized carbons (Fsp3) is 0.286. The fourth-order valence-corrected chi connectivity index (χ4v) is 4.28. The highest BCUT2D eigenvalue weighted by atomic mass is 32.1. The maximum absolute atomic E-state index is 13.1. The predicted octanol–water partition coefficient (Wildman–Crippen LogP) is 4.26. The van der Waals surface area contributed by atoms with Gasteiger partial charge in [0.05, 0.1) is 22.8 Å². The number of nitrogens with zero attached hydrogens (tertiary/aromatic N) is 4. The summed E-state index contributed by atoms with van der Waals surface area (Å²) in [5.41, 5.74) is 2.73. The second kappa shape index (κ2) is 7.24. The number of aromatic nitrogens is 4. The van der Waals surface area contributed by atoms with E-state index in [0.717, 1.165) is 27.7 Å². The summed E-state index contributed by atoms with van der Waals surface area (Å²) in [5, 5.41) is 3.98. The maximum atomic E-state index is 13.1. The Morgan fingerprint density at radius 1 is 1.11 bits per heavy atom. The lowest BCUT2D eigenvalue weighted by molar-refractivity contribution is 0.0926. The van der Waals surface area contributed by atoms with E-state index in [1.54, 1.807) is 0 Å². The van der Waals surface area contributed by atoms with Crippen LogP contribution in [0.1, 0.15) is 41.1 Å². The minimum atomic E-state index is -0.193. The molecule has 28 heavy (non-hydrogen) atoms. The van der Waals surface area contributed by atoms with Gasteiger partial charge in [0.2, 0.25) is 0 Å². The van der Waals surface area contributed by atoms with Crippen molar-refractivity contribution < 1.29 is 4.79 Å². The standard InChI is InChI=1S/C21H23N5OS/c1-13(2)17(19-23-15-9-5-6-10-16(15)25(19)4)24-20(27)18-14(3)22-21(28-18)26-11-7-8-12-26/h5-13,17H,1-4H3,(H,24,27)/t17-/m0/s1. The molecule has 3 aromatic heterocycles. The van der Waals surface area contributed by atoms with Gasteiger partial charge >= 0.3 is 0 Å². The van der Waals surface area contributed by atoms with Crippen LogP contribution in [0.2, 0.25) is 0 Å². The third-order valence-corrected chi connectivity index (χ3v) is 6.04. The van der Waals surface area contributed by atoms with Crippen LogP contribution < -0.4 is 5.32 Å². The SMILES string of the molecule is Cc1nc(-n2cccc2)sc1C(=O)N[C@H](c1nc2ccccc2n1C)C(C)C. The summed E-state index contributed by atoms with van der Waals surface area (Å²) < 4.78 is 3.98. The van der Waals surface area contributed by atoms with Crippen LogP contribution in [-0.4, -0.2) is 25.0 Å². The van der Waals surface area contributed by atoms with Gasteiger partial charge in [0, 0.05) is 19.4 Å². The van der Waals surface area contributed by atoms with Gasteiger partial charge in [0.15, 0.2) is 5.13 Å². The summed E-state index contributed by atoms with van der Waals surface area (Å²) in [4.78, 5) is 23.0. The van der Waals surface area contributed by atoms with Crippen LogP contribution in [-0.2, 0) is 7.05 Å². The summed E-state index contributed by atoms with van der Waals surface area (Å²) in [5.74, 6) is 0.938. The van der Waals surface area contributed by atoms with Gasteiger partial charge in [0.1, 0.15) is 10.7 Å². The van der Waals surface area contributed by atoms with Crippen LogP contribution in [0.3, 0.4) is 0 Å². The molecule has 0 unspecified atom stereocenters. The quantitative estimate of drug-likeness (QED) is 0.551. The molecule has 1 amide bonds. The molecule has 0 saturated carbocycles. The van der Waals surface area contributed by atoms with E-state index >= 15 is 0 Å². The van der Waals surface area contributed by atoms with Crippen LogP contribution in [0.15, 0.2) is 48.8 Å². The van der Waals surface area contributed by atoms with Gasteiger partial charge in [-0.05, 0) is 37.1 Å². The molecule has 6 nitrogen and oxygen atoms in total. The number of fused-ring (bicyclic) bond motifs is 1. The van der Waals surface area contributed by atoms with E-state index in [2.05, 4.69) is 28.7 Å². The third-order valence-electron chi connectivity index (χ3n) is 4.87. The topological polar surface area (TPSA) is 64.7 Å². The normalized spacial score (nSPS) is 12.6. The van der Waals surface area contributed by atoms with Crippen molar-refractivity contribution in [2.75, 3.05) is 0 Å². The Hall–Kier alpha value is -2.93. The monoisotopic (exact) mass is 393 g/mol. The third kappa shape index (κ3) is 3.22. The number of amides is 1. The number of carbonyl (C=O) groups excluding carboxylic acids is 1. The number of hydrogen-bond acceptors (Lipinski definition) is 4. The Morgan fingerprint density at radius 2 is 1.82 bits per heavy atom. The van der Waals surface area contributed by atoms with Gasteiger partial charge in [-0.25, -0.2) is 9.97 Å². The van der Waals surface area contributed by atoms with E-state index in [-0.39, 0.29) is 17.9 Å². The second-order valence-corrected chi connectivity index (χ2v) is 8.19. The average Bonchev–Trinajstić information content (AvgIpc) is 3.39. The number of rotatable bonds is 5. The molecule has 0 fully saturated rings. The van der Waals surface area contributed by atoms with Crippen molar-refractivity contribution in [2.24, 2.45) is 13.0 Å². The molecule has 3 heterocycles. The number of imidazole rings is 1. The lowest BCUT2D eigenvalue weighted by Crippen LogP contribution is -2.33. The molecule has 1 atom stereocenters. The van der Waals surface area contributed by atoms with Crippen molar-refractivity contribution in [3.05, 3.63) is 65.2 Å². The van der Waals surface area contributed by atoms with Crippen LogP contribution in [0, 0.1) is 12.8 Å². The summed E-state index contributed by atoms with van der Waals surface area (Å²) in [7, 11) is 1.99. The van der Waals surface area contributed by atoms with E-state index in [4.69, 9.17) is 4.98 Å². The summed E-state index contributed by atoms with van der Waals surface area (Å²) >= 11 is 1.40. The largest absolute Gasteiger partial charge is 0.341 e. The number of thiazole rings is 1. The lowest BCUT2D eigenvalue weighted by atomic mass is 10.0. The first-order chi connectivity index (χ1) is 13.5. The molecule has 0 radical (unpaired) electrons. The first-order valence-electron chi connectivity index (χ1n) is 9.28. The van der Waals surface area contributed by atoms with Gasteiger partial charge in [-0.2, -0.15) is 0 Å². The number of benzene rings is 1. The minimum Gasteiger partial charge on any atom is -0.341 e. The molecule has 4 rings (SSSR count). The van der Waals surface area contributed by atoms with Crippen molar-refractivity contribution in [3.63, 3.8) is 0 Å². The molecule has 0 spiro atoms. The molecule has 7 heteroatoms. The van der Waals surface area contributed by atoms with E-state index in [0.29, 0.717) is 4.88 Å². The molecule has 0 saturated heterocycles.